The van der Waals surface area contributed by atoms with E-state index in [4.69, 9.17) is 15.7 Å². The van der Waals surface area contributed by atoms with Crippen LogP contribution in [0.5, 0.6) is 0 Å². The fraction of sp³-hybridized carbons (Fsp3) is 0.208. The normalized spacial score (nSPS) is 15.5. The van der Waals surface area contributed by atoms with Gasteiger partial charge >= 0.3 is 0 Å². The highest BCUT2D eigenvalue weighted by molar-refractivity contribution is 5.90. The van der Waals surface area contributed by atoms with Crippen LogP contribution in [0.2, 0.25) is 0 Å². The molecule has 0 aliphatic carbocycles. The minimum absolute atomic E-state index is 0.189. The maximum Gasteiger partial charge on any atom is 0.221 e. The summed E-state index contributed by atoms with van der Waals surface area (Å²) in [6, 6.07) is 13.6. The number of amides is 1. The Hall–Kier alpha value is -4.11. The number of primary amides is 1. The third-order valence-electron chi connectivity index (χ3n) is 5.50. The van der Waals surface area contributed by atoms with Gasteiger partial charge in [0.05, 0.1) is 18.1 Å². The molecule has 1 aromatic carbocycles. The number of carbonyl (C=O) groups excluding carboxylic acids is 1. The molecule has 1 aliphatic rings. The van der Waals surface area contributed by atoms with Crippen molar-refractivity contribution in [2.24, 2.45) is 5.73 Å². The predicted molar refractivity (Wildman–Crippen MR) is 128 cm³/mol. The highest BCUT2D eigenvalue weighted by Gasteiger charge is 2.17. The Morgan fingerprint density at radius 3 is 2.94 bits per heavy atom. The number of nitrogens with two attached hydrogens (primary N) is 1. The van der Waals surface area contributed by atoms with E-state index in [1.165, 1.54) is 0 Å². The summed E-state index contributed by atoms with van der Waals surface area (Å²) in [6.07, 6.45) is 6.46. The Morgan fingerprint density at radius 2 is 2.09 bits per heavy atom. The minimum Gasteiger partial charge on any atom is -0.369 e. The second kappa shape index (κ2) is 9.17. The first kappa shape index (κ1) is 20.8. The van der Waals surface area contributed by atoms with Gasteiger partial charge in [0.25, 0.3) is 0 Å². The number of hydrogen-bond donors (Lipinski definition) is 4. The van der Waals surface area contributed by atoms with Crippen LogP contribution in [0.25, 0.3) is 22.3 Å². The fourth-order valence-corrected chi connectivity index (χ4v) is 3.94. The van der Waals surface area contributed by atoms with Crippen molar-refractivity contribution in [3.63, 3.8) is 0 Å². The molecule has 9 heteroatoms. The van der Waals surface area contributed by atoms with Crippen LogP contribution in [0.4, 0.5) is 17.3 Å². The number of carbonyl (C=O) groups is 1. The molecule has 5 rings (SSSR count). The molecule has 1 fully saturated rings. The lowest BCUT2D eigenvalue weighted by molar-refractivity contribution is -0.117. The van der Waals surface area contributed by atoms with Gasteiger partial charge in [-0.25, -0.2) is 15.0 Å². The van der Waals surface area contributed by atoms with Crippen molar-refractivity contribution in [2.45, 2.75) is 18.9 Å². The van der Waals surface area contributed by atoms with E-state index in [0.29, 0.717) is 17.7 Å². The van der Waals surface area contributed by atoms with Gasteiger partial charge in [0, 0.05) is 41.6 Å². The molecule has 0 spiro atoms. The Morgan fingerprint density at radius 1 is 1.15 bits per heavy atom. The first-order valence-electron chi connectivity index (χ1n) is 10.8. The van der Waals surface area contributed by atoms with Gasteiger partial charge in [0.2, 0.25) is 5.91 Å². The van der Waals surface area contributed by atoms with Crippen LogP contribution in [0.1, 0.15) is 12.0 Å². The van der Waals surface area contributed by atoms with E-state index in [2.05, 4.69) is 25.9 Å². The zero-order chi connectivity index (χ0) is 22.6. The Kier molecular flexibility index (Phi) is 5.77. The standard InChI is InChI=1S/C24H24N8O/c25-21(33)11-15-2-1-3-17(10-15)29-22-12-16(4-9-28-22)23-31-20-14-27-8-6-19(20)24(32-23)30-18-5-7-26-13-18/h1-4,6,8-10,12,14,18,26H,5,7,11,13H2,(H2,25,33)(H,28,29)(H,30,31,32)/t18-/m1/s1. The number of aromatic nitrogens is 4. The van der Waals surface area contributed by atoms with Crippen LogP contribution in [0.3, 0.4) is 0 Å². The molecule has 1 atom stereocenters. The number of anilines is 3. The molecule has 9 nitrogen and oxygen atoms in total. The number of nitrogens with one attached hydrogen (secondary N) is 3. The van der Waals surface area contributed by atoms with Crippen LogP contribution in [0, 0.1) is 0 Å². The van der Waals surface area contributed by atoms with E-state index in [1.54, 1.807) is 18.6 Å². The average Bonchev–Trinajstić information content (AvgIpc) is 3.32. The molecular formula is C24H24N8O. The van der Waals surface area contributed by atoms with Gasteiger partial charge in [0.15, 0.2) is 5.82 Å². The van der Waals surface area contributed by atoms with Crippen molar-refractivity contribution in [1.82, 2.24) is 25.3 Å². The number of fused-ring (bicyclic) bond motifs is 1. The number of pyridine rings is 2. The van der Waals surface area contributed by atoms with Crippen LogP contribution in [-0.4, -0.2) is 45.0 Å². The van der Waals surface area contributed by atoms with Crippen molar-refractivity contribution in [3.05, 3.63) is 66.6 Å². The van der Waals surface area contributed by atoms with Gasteiger partial charge in [-0.05, 0) is 48.9 Å². The summed E-state index contributed by atoms with van der Waals surface area (Å²) >= 11 is 0. The molecule has 0 radical (unpaired) electrons. The monoisotopic (exact) mass is 440 g/mol. The largest absolute Gasteiger partial charge is 0.369 e. The van der Waals surface area contributed by atoms with E-state index in [1.807, 2.05) is 42.5 Å². The lowest BCUT2D eigenvalue weighted by atomic mass is 10.1. The molecule has 0 unspecified atom stereocenters. The number of rotatable bonds is 7. The summed E-state index contributed by atoms with van der Waals surface area (Å²) in [6.45, 7) is 1.90. The van der Waals surface area contributed by atoms with Crippen molar-refractivity contribution in [2.75, 3.05) is 23.7 Å². The highest BCUT2D eigenvalue weighted by atomic mass is 16.1. The zero-order valence-electron chi connectivity index (χ0n) is 18.0. The van der Waals surface area contributed by atoms with E-state index < -0.39 is 0 Å². The number of nitrogens with zero attached hydrogens (tertiary/aromatic N) is 4. The molecule has 33 heavy (non-hydrogen) atoms. The second-order valence-corrected chi connectivity index (χ2v) is 8.02. The third-order valence-corrected chi connectivity index (χ3v) is 5.50. The van der Waals surface area contributed by atoms with Gasteiger partial charge in [-0.2, -0.15) is 0 Å². The molecule has 0 saturated carbocycles. The Balaban J connectivity index is 1.45. The van der Waals surface area contributed by atoms with Gasteiger partial charge in [0.1, 0.15) is 11.6 Å². The molecule has 1 amide bonds. The zero-order valence-corrected chi connectivity index (χ0v) is 18.0. The fourth-order valence-electron chi connectivity index (χ4n) is 3.94. The maximum absolute atomic E-state index is 11.2. The minimum atomic E-state index is -0.368. The van der Waals surface area contributed by atoms with Gasteiger partial charge < -0.3 is 21.7 Å². The smallest absolute Gasteiger partial charge is 0.221 e. The molecule has 1 saturated heterocycles. The quantitative estimate of drug-likeness (QED) is 0.345. The molecule has 166 valence electrons. The van der Waals surface area contributed by atoms with E-state index in [-0.39, 0.29) is 12.3 Å². The Labute approximate surface area is 190 Å². The molecule has 3 aromatic heterocycles. The van der Waals surface area contributed by atoms with Crippen LogP contribution in [-0.2, 0) is 11.2 Å². The van der Waals surface area contributed by atoms with Crippen molar-refractivity contribution in [1.29, 1.82) is 0 Å². The molecule has 5 N–H and O–H groups in total. The topological polar surface area (TPSA) is 131 Å². The van der Waals surface area contributed by atoms with Crippen molar-refractivity contribution in [3.8, 4) is 11.4 Å². The maximum atomic E-state index is 11.2. The molecule has 4 heterocycles. The summed E-state index contributed by atoms with van der Waals surface area (Å²) < 4.78 is 0. The Bertz CT molecular complexity index is 1300. The number of benzene rings is 1. The van der Waals surface area contributed by atoms with Crippen molar-refractivity contribution < 1.29 is 4.79 Å². The first-order chi connectivity index (χ1) is 16.1. The summed E-state index contributed by atoms with van der Waals surface area (Å²) in [4.78, 5) is 29.5. The molecule has 4 aromatic rings. The van der Waals surface area contributed by atoms with E-state index >= 15 is 0 Å². The van der Waals surface area contributed by atoms with Crippen molar-refractivity contribution >= 4 is 34.1 Å². The summed E-state index contributed by atoms with van der Waals surface area (Å²) in [7, 11) is 0. The van der Waals surface area contributed by atoms with Gasteiger partial charge in [-0.15, -0.1) is 0 Å². The van der Waals surface area contributed by atoms with Gasteiger partial charge in [-0.3, -0.25) is 9.78 Å². The summed E-state index contributed by atoms with van der Waals surface area (Å²) in [5, 5.41) is 11.2. The third kappa shape index (κ3) is 4.88. The molecule has 1 aliphatic heterocycles. The SMILES string of the molecule is NC(=O)Cc1cccc(Nc2cc(-c3nc(N[C@@H]4CCNC4)c4ccncc4n3)ccn2)c1. The lowest BCUT2D eigenvalue weighted by Crippen LogP contribution is -2.23. The van der Waals surface area contributed by atoms with Crippen LogP contribution >= 0.6 is 0 Å². The van der Waals surface area contributed by atoms with Gasteiger partial charge in [-0.1, -0.05) is 12.1 Å². The van der Waals surface area contributed by atoms with E-state index in [0.717, 1.165) is 53.0 Å². The van der Waals surface area contributed by atoms with Crippen LogP contribution < -0.4 is 21.7 Å². The van der Waals surface area contributed by atoms with Crippen LogP contribution in [0.15, 0.2) is 61.1 Å². The molecule has 0 bridgehead atoms. The summed E-state index contributed by atoms with van der Waals surface area (Å²) in [5.74, 6) is 1.68. The average molecular weight is 441 g/mol. The first-order valence-corrected chi connectivity index (χ1v) is 10.8. The number of hydrogen-bond acceptors (Lipinski definition) is 8. The predicted octanol–water partition coefficient (Wildman–Crippen LogP) is 2.63. The highest BCUT2D eigenvalue weighted by Crippen LogP contribution is 2.27. The lowest BCUT2D eigenvalue weighted by Gasteiger charge is -2.15. The molecular weight excluding hydrogens is 416 g/mol. The second-order valence-electron chi connectivity index (χ2n) is 8.02. The van der Waals surface area contributed by atoms with E-state index in [9.17, 15) is 4.79 Å². The summed E-state index contributed by atoms with van der Waals surface area (Å²) in [5.41, 5.74) is 8.58.